The minimum atomic E-state index is -0.762. The second kappa shape index (κ2) is 44.5. The molecule has 0 aromatic heterocycles. The molecule has 6 amide bonds. The number of aliphatic hydroxyl groups is 2. The summed E-state index contributed by atoms with van der Waals surface area (Å²) in [6, 6.07) is 2.12. The van der Waals surface area contributed by atoms with Gasteiger partial charge in [0, 0.05) is 0 Å². The second-order valence-corrected chi connectivity index (χ2v) is 11.5. The van der Waals surface area contributed by atoms with Crippen LogP contribution >= 0.6 is 47.0 Å². The van der Waals surface area contributed by atoms with E-state index in [2.05, 4.69) is 21.3 Å². The topological polar surface area (TPSA) is 372 Å². The van der Waals surface area contributed by atoms with Gasteiger partial charge in [0.15, 0.2) is 0 Å². The summed E-state index contributed by atoms with van der Waals surface area (Å²) in [6.45, 7) is 0. The average molecular weight is 741 g/mol. The molecule has 4 atom stereocenters. The molecule has 0 saturated carbocycles. The highest BCUT2D eigenvalue weighted by Crippen LogP contribution is 2.04. The van der Waals surface area contributed by atoms with Gasteiger partial charge in [0.25, 0.3) is 11.8 Å². The van der Waals surface area contributed by atoms with E-state index >= 15 is 0 Å². The molecule has 0 aromatic carbocycles. The molecule has 46 heavy (non-hydrogen) atoms. The third kappa shape index (κ3) is 39.4. The lowest BCUT2D eigenvalue weighted by Crippen LogP contribution is -2.29. The number of hydrogen-bond acceptors (Lipinski definition) is 16. The molecule has 22 heteroatoms. The van der Waals surface area contributed by atoms with Gasteiger partial charge in [-0.3, -0.25) is 20.2 Å². The number of amides is 6. The number of nitrogens with one attached hydrogen (secondary N) is 4. The molecule has 4 unspecified atom stereocenters. The molecule has 0 aliphatic carbocycles. The first-order valence-electron chi connectivity index (χ1n) is 11.8. The lowest BCUT2D eigenvalue weighted by molar-refractivity contribution is -0.191. The molecule has 2 aliphatic rings. The van der Waals surface area contributed by atoms with Crippen LogP contribution in [0.5, 0.6) is 0 Å². The molecule has 2 heterocycles. The zero-order valence-corrected chi connectivity index (χ0v) is 29.0. The Morgan fingerprint density at radius 1 is 0.674 bits per heavy atom. The highest BCUT2D eigenvalue weighted by Gasteiger charge is 2.29. The number of carbonyl (C=O) groups excluding carboxylic acids is 6. The lowest BCUT2D eigenvalue weighted by Gasteiger charge is -2.03. The van der Waals surface area contributed by atoms with Gasteiger partial charge in [0.1, 0.15) is 24.3 Å². The molecule has 2 fully saturated rings. The van der Waals surface area contributed by atoms with Crippen molar-refractivity contribution >= 4 is 77.1 Å². The fourth-order valence-corrected chi connectivity index (χ4v) is 4.24. The molecule has 272 valence electrons. The van der Waals surface area contributed by atoms with Crippen LogP contribution in [0.15, 0.2) is 0 Å². The van der Waals surface area contributed by atoms with E-state index in [-0.39, 0.29) is 72.8 Å². The fraction of sp³-hybridized carbons (Fsp3) is 0.708. The predicted octanol–water partition coefficient (Wildman–Crippen LogP) is -0.130. The van der Waals surface area contributed by atoms with E-state index in [0.717, 1.165) is 23.0 Å². The van der Waals surface area contributed by atoms with Gasteiger partial charge in [-0.05, 0) is 73.7 Å². The van der Waals surface area contributed by atoms with Gasteiger partial charge in [-0.1, -0.05) is 7.43 Å². The van der Waals surface area contributed by atoms with Gasteiger partial charge in [-0.2, -0.15) is 67.2 Å². The molecule has 0 aromatic rings. The van der Waals surface area contributed by atoms with Crippen molar-refractivity contribution < 1.29 is 49.9 Å². The van der Waals surface area contributed by atoms with Gasteiger partial charge in [0.05, 0.1) is 12.1 Å². The van der Waals surface area contributed by atoms with Crippen LogP contribution in [0.3, 0.4) is 0 Å². The number of nitriles is 2. The second-order valence-electron chi connectivity index (χ2n) is 7.53. The Balaban J connectivity index is -0.0000000661. The zero-order valence-electron chi connectivity index (χ0n) is 25.8. The summed E-state index contributed by atoms with van der Waals surface area (Å²) < 4.78 is 0. The lowest BCUT2D eigenvalue weighted by atomic mass is 10.2. The maximum Gasteiger partial charge on any atom is 0.373 e. The Hall–Kier alpha value is -2.60. The number of rotatable bonds is 12. The van der Waals surface area contributed by atoms with Gasteiger partial charge in [0.2, 0.25) is 0 Å². The molecular weight excluding hydrogens is 689 g/mol. The van der Waals surface area contributed by atoms with Crippen LogP contribution < -0.4 is 33.6 Å². The van der Waals surface area contributed by atoms with Crippen molar-refractivity contribution in [2.45, 2.75) is 57.4 Å². The monoisotopic (exact) mass is 740 g/mol. The van der Waals surface area contributed by atoms with E-state index in [4.69, 9.17) is 30.3 Å². The normalized spacial score (nSPS) is 15.7. The van der Waals surface area contributed by atoms with E-state index in [1.807, 2.05) is 25.0 Å². The molecule has 18 nitrogen and oxygen atoms in total. The van der Waals surface area contributed by atoms with E-state index in [1.165, 1.54) is 0 Å². The Kier molecular flexibility index (Phi) is 60.3. The summed E-state index contributed by atoms with van der Waals surface area (Å²) in [5.41, 5.74) is 0. The number of imide groups is 2. The van der Waals surface area contributed by atoms with Crippen molar-refractivity contribution in [2.24, 2.45) is 0 Å². The van der Waals surface area contributed by atoms with Crippen molar-refractivity contribution in [3.63, 3.8) is 0 Å². The van der Waals surface area contributed by atoms with Gasteiger partial charge in [-0.25, -0.2) is 9.59 Å². The Morgan fingerprint density at radius 3 is 1.11 bits per heavy atom. The molecule has 2 rings (SSSR count). The number of carbonyl (C=O) groups is 4. The SMILES string of the molecule is C.CSCCC(O)C#N.CSCCC(O)C#N.CSCCC1NC(=O)NC1=O.CSCCC1NC(=O)NC1=O.N.N.O.O.O=C=O. The minimum absolute atomic E-state index is 0. The molecular formula is C24H52N8O10S4. The first-order valence-corrected chi connectivity index (χ1v) is 17.4. The van der Waals surface area contributed by atoms with Crippen molar-refractivity contribution in [1.29, 1.82) is 10.5 Å². The van der Waals surface area contributed by atoms with Crippen LogP contribution in [0.2, 0.25) is 0 Å². The summed E-state index contributed by atoms with van der Waals surface area (Å²) >= 11 is 6.59. The standard InChI is InChI=1S/2C6H10N2O2S.2C5H9NOS.CO2.CH4.2H3N.2H2O/c2*1-11-3-2-4-5(9)8-6(10)7-4;2*1-8-3-2-5(7)4-6;2-1-3;;;;;/h2*4H,2-3H2,1H3,(H2,7,8,9,10);2*5,7H,2-3H2,1H3;;1H4;2*1H3;2*1H2. The maximum atomic E-state index is 10.9. The number of nitrogens with zero attached hydrogens (tertiary/aromatic N) is 2. The molecule has 0 radical (unpaired) electrons. The van der Waals surface area contributed by atoms with Gasteiger partial charge in [-0.15, -0.1) is 0 Å². The van der Waals surface area contributed by atoms with Crippen LogP contribution in [0.1, 0.15) is 33.1 Å². The molecule has 16 N–H and O–H groups in total. The van der Waals surface area contributed by atoms with Crippen LogP contribution in [0, 0.1) is 22.7 Å². The van der Waals surface area contributed by atoms with Crippen LogP contribution in [-0.4, -0.2) is 124 Å². The number of hydrogen-bond donors (Lipinski definition) is 8. The van der Waals surface area contributed by atoms with E-state index in [0.29, 0.717) is 25.7 Å². The van der Waals surface area contributed by atoms with Crippen LogP contribution in [0.4, 0.5) is 9.59 Å². The Morgan fingerprint density at radius 2 is 0.935 bits per heavy atom. The molecule has 0 spiro atoms. The summed E-state index contributed by atoms with van der Waals surface area (Å²) in [4.78, 5) is 59.2. The smallest absolute Gasteiger partial charge is 0.373 e. The molecule has 0 bridgehead atoms. The summed E-state index contributed by atoms with van der Waals surface area (Å²) in [7, 11) is 0. The van der Waals surface area contributed by atoms with Crippen molar-refractivity contribution in [1.82, 2.24) is 33.6 Å². The van der Waals surface area contributed by atoms with Gasteiger partial charge < -0.3 is 44.1 Å². The summed E-state index contributed by atoms with van der Waals surface area (Å²) in [6.07, 6.45) is 9.13. The Labute approximate surface area is 287 Å². The largest absolute Gasteiger partial charge is 0.412 e. The third-order valence-electron chi connectivity index (χ3n) is 4.43. The van der Waals surface area contributed by atoms with Crippen molar-refractivity contribution in [3.05, 3.63) is 0 Å². The highest BCUT2D eigenvalue weighted by molar-refractivity contribution is 7.99. The summed E-state index contributed by atoms with van der Waals surface area (Å²) in [5, 5.41) is 42.7. The van der Waals surface area contributed by atoms with Gasteiger partial charge >= 0.3 is 18.2 Å². The summed E-state index contributed by atoms with van der Waals surface area (Å²) in [5.74, 6) is 3.08. The average Bonchev–Trinajstić information content (AvgIpc) is 3.46. The minimum Gasteiger partial charge on any atom is -0.412 e. The Bertz CT molecular complexity index is 828. The van der Waals surface area contributed by atoms with E-state index in [1.54, 1.807) is 59.2 Å². The van der Waals surface area contributed by atoms with Crippen LogP contribution in [-0.2, 0) is 19.2 Å². The van der Waals surface area contributed by atoms with E-state index in [9.17, 15) is 19.2 Å². The van der Waals surface area contributed by atoms with Crippen molar-refractivity contribution in [3.8, 4) is 12.1 Å². The zero-order chi connectivity index (χ0) is 32.1. The number of thioether (sulfide) groups is 4. The predicted molar refractivity (Wildman–Crippen MR) is 185 cm³/mol. The van der Waals surface area contributed by atoms with E-state index < -0.39 is 12.2 Å². The quantitative estimate of drug-likeness (QED) is 0.0954. The molecule has 2 saturated heterocycles. The first kappa shape index (κ1) is 62.3. The van der Waals surface area contributed by atoms with Crippen LogP contribution in [0.25, 0.3) is 0 Å². The third-order valence-corrected chi connectivity index (χ3v) is 7.00. The molecule has 2 aliphatic heterocycles. The fourth-order valence-electron chi connectivity index (χ4n) is 2.38. The maximum absolute atomic E-state index is 10.9. The number of aliphatic hydroxyl groups excluding tert-OH is 2. The number of urea groups is 2. The first-order chi connectivity index (χ1) is 19.5. The van der Waals surface area contributed by atoms with Crippen molar-refractivity contribution in [2.75, 3.05) is 48.0 Å². The highest BCUT2D eigenvalue weighted by atomic mass is 32.2.